The van der Waals surface area contributed by atoms with Crippen LogP contribution >= 0.6 is 11.6 Å². The van der Waals surface area contributed by atoms with Crippen LogP contribution in [0, 0.1) is 5.92 Å². The number of amides is 2. The van der Waals surface area contributed by atoms with Crippen molar-refractivity contribution in [3.8, 4) is 0 Å². The van der Waals surface area contributed by atoms with Gasteiger partial charge in [-0.05, 0) is 68.7 Å². The Balaban J connectivity index is 1.48. The van der Waals surface area contributed by atoms with E-state index in [2.05, 4.69) is 12.2 Å². The third kappa shape index (κ3) is 2.60. The Kier molecular flexibility index (Phi) is 3.81. The van der Waals surface area contributed by atoms with E-state index in [0.717, 1.165) is 49.3 Å². The second-order valence-electron chi connectivity index (χ2n) is 8.14. The molecule has 0 radical (unpaired) electrons. The molecule has 0 aromatic heterocycles. The smallest absolute Gasteiger partial charge is 0.322 e. The summed E-state index contributed by atoms with van der Waals surface area (Å²) in [6.07, 6.45) is 5.09. The predicted octanol–water partition coefficient (Wildman–Crippen LogP) is 4.37. The number of benzene rings is 1. The highest BCUT2D eigenvalue weighted by Gasteiger charge is 2.47. The molecule has 1 aromatic rings. The summed E-state index contributed by atoms with van der Waals surface area (Å²) in [6.45, 7) is 4.12. The van der Waals surface area contributed by atoms with Gasteiger partial charge < -0.3 is 15.3 Å². The van der Waals surface area contributed by atoms with E-state index in [0.29, 0.717) is 17.1 Å². The van der Waals surface area contributed by atoms with Crippen LogP contribution < -0.4 is 5.32 Å². The molecule has 4 nitrogen and oxygen atoms in total. The lowest BCUT2D eigenvalue weighted by Gasteiger charge is -2.54. The highest BCUT2D eigenvalue weighted by atomic mass is 35.5. The molecule has 2 unspecified atom stereocenters. The van der Waals surface area contributed by atoms with Gasteiger partial charge in [0.2, 0.25) is 0 Å². The summed E-state index contributed by atoms with van der Waals surface area (Å²) in [5.74, 6) is 0.770. The standard InChI is InChI=1S/C19H25ClN2O2/c1-11-7-13-10-14(8-11)22(13)18(23)21-12-3-4-17(20)15(9-12)16-5-6-19(16,2)24/h3-4,9,11,13-14,16,24H,5-8,10H2,1-2H3,(H,21,23)/t11?,13?,14?,16-,19+/m0/s1. The first-order valence-corrected chi connectivity index (χ1v) is 9.34. The molecule has 2 heterocycles. The molecular weight excluding hydrogens is 324 g/mol. The Bertz CT molecular complexity index is 663. The number of carbonyl (C=O) groups is 1. The van der Waals surface area contributed by atoms with Crippen LogP contribution in [0.1, 0.15) is 57.4 Å². The summed E-state index contributed by atoms with van der Waals surface area (Å²) in [5.41, 5.74) is 1.000. The van der Waals surface area contributed by atoms with Crippen LogP contribution in [-0.4, -0.2) is 33.7 Å². The number of nitrogens with zero attached hydrogens (tertiary/aromatic N) is 1. The molecule has 1 aromatic carbocycles. The van der Waals surface area contributed by atoms with Gasteiger partial charge >= 0.3 is 6.03 Å². The second-order valence-corrected chi connectivity index (χ2v) is 8.55. The van der Waals surface area contributed by atoms with E-state index in [9.17, 15) is 9.90 Å². The van der Waals surface area contributed by atoms with Gasteiger partial charge in [0.25, 0.3) is 0 Å². The number of piperidine rings is 1. The topological polar surface area (TPSA) is 52.6 Å². The zero-order chi connectivity index (χ0) is 17.1. The molecule has 4 atom stereocenters. The molecule has 5 rings (SSSR count). The van der Waals surface area contributed by atoms with Crippen molar-refractivity contribution in [1.82, 2.24) is 4.90 Å². The highest BCUT2D eigenvalue weighted by molar-refractivity contribution is 6.31. The molecular formula is C19H25ClN2O2. The largest absolute Gasteiger partial charge is 0.390 e. The molecule has 0 spiro atoms. The van der Waals surface area contributed by atoms with E-state index in [-0.39, 0.29) is 11.9 Å². The highest BCUT2D eigenvalue weighted by Crippen LogP contribution is 2.48. The van der Waals surface area contributed by atoms with Gasteiger partial charge in [0.15, 0.2) is 0 Å². The van der Waals surface area contributed by atoms with Crippen LogP contribution in [0.3, 0.4) is 0 Å². The van der Waals surface area contributed by atoms with Crippen LogP contribution in [0.5, 0.6) is 0 Å². The molecule has 2 saturated carbocycles. The summed E-state index contributed by atoms with van der Waals surface area (Å²) >= 11 is 6.33. The Labute approximate surface area is 148 Å². The van der Waals surface area contributed by atoms with Gasteiger partial charge in [-0.25, -0.2) is 4.79 Å². The maximum atomic E-state index is 12.6. The molecule has 4 fully saturated rings. The second kappa shape index (κ2) is 5.63. The molecule has 5 heteroatoms. The average molecular weight is 349 g/mol. The van der Waals surface area contributed by atoms with Crippen LogP contribution in [0.25, 0.3) is 0 Å². The number of anilines is 1. The minimum Gasteiger partial charge on any atom is -0.390 e. The maximum absolute atomic E-state index is 12.6. The summed E-state index contributed by atoms with van der Waals surface area (Å²) in [5, 5.41) is 14.0. The third-order valence-electron chi connectivity index (χ3n) is 6.23. The predicted molar refractivity (Wildman–Crippen MR) is 95.5 cm³/mol. The average Bonchev–Trinajstić information content (AvgIpc) is 2.49. The van der Waals surface area contributed by atoms with Crippen molar-refractivity contribution in [2.45, 2.75) is 69.6 Å². The first-order valence-electron chi connectivity index (χ1n) is 8.96. The minimum atomic E-state index is -0.698. The SMILES string of the molecule is CC1CC2CC(C1)N2C(=O)Nc1ccc(Cl)c([C@@H]2CC[C@@]2(C)O)c1. The van der Waals surface area contributed by atoms with Crippen LogP contribution in [0.15, 0.2) is 18.2 Å². The number of urea groups is 1. The van der Waals surface area contributed by atoms with Crippen molar-refractivity contribution in [3.63, 3.8) is 0 Å². The normalized spacial score (nSPS) is 37.4. The van der Waals surface area contributed by atoms with E-state index in [1.54, 1.807) is 0 Å². The van der Waals surface area contributed by atoms with Gasteiger partial charge in [0, 0.05) is 28.7 Å². The van der Waals surface area contributed by atoms with Crippen molar-refractivity contribution >= 4 is 23.3 Å². The molecule has 2 saturated heterocycles. The lowest BCUT2D eigenvalue weighted by atomic mass is 9.67. The molecule has 2 aliphatic carbocycles. The Morgan fingerprint density at radius 2 is 2.04 bits per heavy atom. The van der Waals surface area contributed by atoms with Crippen LogP contribution in [0.2, 0.25) is 5.02 Å². The number of aliphatic hydroxyl groups is 1. The van der Waals surface area contributed by atoms with E-state index >= 15 is 0 Å². The molecule has 24 heavy (non-hydrogen) atoms. The summed E-state index contributed by atoms with van der Waals surface area (Å²) < 4.78 is 0. The van der Waals surface area contributed by atoms with Gasteiger partial charge in [-0.3, -0.25) is 0 Å². The number of rotatable bonds is 2. The van der Waals surface area contributed by atoms with Crippen molar-refractivity contribution < 1.29 is 9.90 Å². The summed E-state index contributed by atoms with van der Waals surface area (Å²) in [7, 11) is 0. The fourth-order valence-electron chi connectivity index (χ4n) is 4.75. The summed E-state index contributed by atoms with van der Waals surface area (Å²) in [6, 6.07) is 6.39. The van der Waals surface area contributed by atoms with E-state index in [1.807, 2.05) is 30.0 Å². The van der Waals surface area contributed by atoms with Gasteiger partial charge in [-0.1, -0.05) is 18.5 Å². The lowest BCUT2D eigenvalue weighted by molar-refractivity contribution is -0.0405. The number of fused-ring (bicyclic) bond motifs is 2. The Hall–Kier alpha value is -1.26. The molecule has 130 valence electrons. The van der Waals surface area contributed by atoms with E-state index in [4.69, 9.17) is 11.6 Å². The van der Waals surface area contributed by atoms with Crippen LogP contribution in [0.4, 0.5) is 10.5 Å². The minimum absolute atomic E-state index is 0.00297. The van der Waals surface area contributed by atoms with Gasteiger partial charge in [0.1, 0.15) is 0 Å². The zero-order valence-electron chi connectivity index (χ0n) is 14.3. The van der Waals surface area contributed by atoms with Crippen molar-refractivity contribution in [2.75, 3.05) is 5.32 Å². The van der Waals surface area contributed by atoms with E-state index in [1.165, 1.54) is 0 Å². The number of nitrogens with one attached hydrogen (secondary N) is 1. The van der Waals surface area contributed by atoms with Gasteiger partial charge in [-0.15, -0.1) is 0 Å². The molecule has 2 aliphatic heterocycles. The lowest BCUT2D eigenvalue weighted by Crippen LogP contribution is -2.63. The number of halogens is 1. The first kappa shape index (κ1) is 16.2. The van der Waals surface area contributed by atoms with Gasteiger partial charge in [-0.2, -0.15) is 0 Å². The zero-order valence-corrected chi connectivity index (χ0v) is 15.0. The van der Waals surface area contributed by atoms with Crippen molar-refractivity contribution in [1.29, 1.82) is 0 Å². The monoisotopic (exact) mass is 348 g/mol. The molecule has 2 N–H and O–H groups in total. The summed E-state index contributed by atoms with van der Waals surface area (Å²) in [4.78, 5) is 14.6. The molecule has 4 aliphatic rings. The van der Waals surface area contributed by atoms with Crippen molar-refractivity contribution in [3.05, 3.63) is 28.8 Å². The van der Waals surface area contributed by atoms with Crippen molar-refractivity contribution in [2.24, 2.45) is 5.92 Å². The maximum Gasteiger partial charge on any atom is 0.322 e. The number of carbonyl (C=O) groups excluding carboxylic acids is 1. The van der Waals surface area contributed by atoms with E-state index < -0.39 is 5.60 Å². The Morgan fingerprint density at radius 3 is 2.62 bits per heavy atom. The number of hydrogen-bond acceptors (Lipinski definition) is 2. The molecule has 2 bridgehead atoms. The fourth-order valence-corrected chi connectivity index (χ4v) is 5.00. The number of hydrogen-bond donors (Lipinski definition) is 2. The third-order valence-corrected chi connectivity index (χ3v) is 6.57. The van der Waals surface area contributed by atoms with Gasteiger partial charge in [0.05, 0.1) is 5.60 Å². The Morgan fingerprint density at radius 1 is 1.33 bits per heavy atom. The quantitative estimate of drug-likeness (QED) is 0.833. The first-order chi connectivity index (χ1) is 11.3. The fraction of sp³-hybridized carbons (Fsp3) is 0.632. The van der Waals surface area contributed by atoms with Crippen LogP contribution in [-0.2, 0) is 0 Å². The molecule has 2 amide bonds.